The van der Waals surface area contributed by atoms with Crippen LogP contribution in [0, 0.1) is 0 Å². The number of hydrogen-bond acceptors (Lipinski definition) is 5. The zero-order valence-corrected chi connectivity index (χ0v) is 15.7. The molecule has 1 aliphatic rings. The Kier molecular flexibility index (Phi) is 5.15. The van der Waals surface area contributed by atoms with Crippen LogP contribution in [0.4, 0.5) is 0 Å². The quantitative estimate of drug-likeness (QED) is 0.664. The summed E-state index contributed by atoms with van der Waals surface area (Å²) < 4.78 is 2.64. The first-order valence-electron chi connectivity index (χ1n) is 9.15. The fraction of sp³-hybridized carbons (Fsp3) is 0.368. The van der Waals surface area contributed by atoms with Crippen molar-refractivity contribution in [1.29, 1.82) is 0 Å². The molecule has 1 amide bonds. The lowest BCUT2D eigenvalue weighted by Gasteiger charge is -2.13. The maximum absolute atomic E-state index is 12.6. The number of hydrogen-bond donors (Lipinski definition) is 1. The number of amides is 1. The molecule has 7 nitrogen and oxygen atoms in total. The summed E-state index contributed by atoms with van der Waals surface area (Å²) in [6.07, 6.45) is 9.38. The summed E-state index contributed by atoms with van der Waals surface area (Å²) in [7, 11) is 0. The molecule has 0 bridgehead atoms. The Labute approximate surface area is 160 Å². The van der Waals surface area contributed by atoms with Crippen LogP contribution < -0.4 is 10.9 Å². The van der Waals surface area contributed by atoms with E-state index in [1.54, 1.807) is 17.4 Å². The molecule has 1 N–H and O–H groups in total. The number of fused-ring (bicyclic) bond motifs is 1. The molecule has 8 heteroatoms. The zero-order chi connectivity index (χ0) is 18.6. The molecule has 0 saturated heterocycles. The second kappa shape index (κ2) is 7.87. The summed E-state index contributed by atoms with van der Waals surface area (Å²) in [5.41, 5.74) is 2.23. The van der Waals surface area contributed by atoms with Crippen molar-refractivity contribution in [3.05, 3.63) is 51.9 Å². The first-order valence-corrected chi connectivity index (χ1v) is 10.0. The molecule has 0 atom stereocenters. The molecule has 3 aromatic heterocycles. The molecule has 0 unspecified atom stereocenters. The Bertz CT molecular complexity index is 1030. The van der Waals surface area contributed by atoms with Crippen molar-refractivity contribution in [2.75, 3.05) is 6.54 Å². The minimum atomic E-state index is -0.321. The lowest BCUT2D eigenvalue weighted by Crippen LogP contribution is -2.34. The van der Waals surface area contributed by atoms with Gasteiger partial charge in [-0.3, -0.25) is 9.59 Å². The average Bonchev–Trinajstić information content (AvgIpc) is 3.34. The number of nitrogens with zero attached hydrogens (tertiary/aromatic N) is 4. The monoisotopic (exact) mass is 383 g/mol. The van der Waals surface area contributed by atoms with Crippen molar-refractivity contribution in [3.8, 4) is 10.6 Å². The van der Waals surface area contributed by atoms with E-state index in [0.29, 0.717) is 12.1 Å². The van der Waals surface area contributed by atoms with Crippen molar-refractivity contribution in [1.82, 2.24) is 24.7 Å². The normalized spacial score (nSPS) is 14.3. The van der Waals surface area contributed by atoms with Crippen LogP contribution in [0.2, 0.25) is 0 Å². The van der Waals surface area contributed by atoms with Crippen LogP contribution in [0.15, 0.2) is 46.4 Å². The Morgan fingerprint density at radius 1 is 1.33 bits per heavy atom. The third kappa shape index (κ3) is 4.00. The molecule has 0 spiro atoms. The highest BCUT2D eigenvalue weighted by Crippen LogP contribution is 2.23. The van der Waals surface area contributed by atoms with Crippen LogP contribution in [-0.2, 0) is 11.3 Å². The van der Waals surface area contributed by atoms with Crippen LogP contribution in [0.3, 0.4) is 0 Å². The highest BCUT2D eigenvalue weighted by molar-refractivity contribution is 7.13. The van der Waals surface area contributed by atoms with Crippen molar-refractivity contribution in [3.63, 3.8) is 0 Å². The van der Waals surface area contributed by atoms with Gasteiger partial charge in [0.15, 0.2) is 0 Å². The van der Waals surface area contributed by atoms with Gasteiger partial charge in [-0.15, -0.1) is 11.3 Å². The lowest BCUT2D eigenvalue weighted by atomic mass is 9.97. The van der Waals surface area contributed by atoms with E-state index >= 15 is 0 Å². The van der Waals surface area contributed by atoms with Gasteiger partial charge in [-0.2, -0.15) is 10.2 Å². The molecular weight excluding hydrogens is 362 g/mol. The van der Waals surface area contributed by atoms with Gasteiger partial charge in [0.25, 0.3) is 5.56 Å². The molecule has 1 aliphatic carbocycles. The molecule has 140 valence electrons. The smallest absolute Gasteiger partial charge is 0.293 e. The number of rotatable bonds is 6. The van der Waals surface area contributed by atoms with Crippen molar-refractivity contribution in [2.45, 2.75) is 38.6 Å². The highest BCUT2D eigenvalue weighted by Gasteiger charge is 2.13. The summed E-state index contributed by atoms with van der Waals surface area (Å²) in [6, 6.07) is 5.63. The summed E-state index contributed by atoms with van der Waals surface area (Å²) in [6.45, 7) is 0.505. The van der Waals surface area contributed by atoms with Crippen molar-refractivity contribution < 1.29 is 4.79 Å². The van der Waals surface area contributed by atoms with Crippen LogP contribution >= 0.6 is 11.3 Å². The second-order valence-electron chi connectivity index (χ2n) is 6.64. The summed E-state index contributed by atoms with van der Waals surface area (Å²) in [5, 5.41) is 13.3. The molecule has 3 aromatic rings. The van der Waals surface area contributed by atoms with Crippen molar-refractivity contribution >= 4 is 22.8 Å². The van der Waals surface area contributed by atoms with Gasteiger partial charge in [0, 0.05) is 6.54 Å². The molecule has 0 aromatic carbocycles. The van der Waals surface area contributed by atoms with Gasteiger partial charge >= 0.3 is 0 Å². The summed E-state index contributed by atoms with van der Waals surface area (Å²) in [4.78, 5) is 25.8. The first kappa shape index (κ1) is 17.7. The van der Waals surface area contributed by atoms with Gasteiger partial charge < -0.3 is 5.32 Å². The Hall–Kier alpha value is -2.74. The fourth-order valence-electron chi connectivity index (χ4n) is 3.28. The number of allylic oxidation sites excluding steroid dienone is 1. The van der Waals surface area contributed by atoms with Gasteiger partial charge in [0.1, 0.15) is 24.1 Å². The van der Waals surface area contributed by atoms with E-state index in [2.05, 4.69) is 21.6 Å². The van der Waals surface area contributed by atoms with E-state index in [1.807, 2.05) is 17.5 Å². The molecule has 27 heavy (non-hydrogen) atoms. The molecule has 3 heterocycles. The minimum Gasteiger partial charge on any atom is -0.354 e. The lowest BCUT2D eigenvalue weighted by molar-refractivity contribution is -0.121. The Balaban J connectivity index is 1.42. The van der Waals surface area contributed by atoms with Gasteiger partial charge in [-0.1, -0.05) is 17.7 Å². The van der Waals surface area contributed by atoms with Gasteiger partial charge in [-0.25, -0.2) is 9.20 Å². The van der Waals surface area contributed by atoms with Gasteiger partial charge in [-0.05, 0) is 49.6 Å². The highest BCUT2D eigenvalue weighted by atomic mass is 32.1. The van der Waals surface area contributed by atoms with E-state index in [1.165, 1.54) is 33.9 Å². The molecular formula is C19H21N5O2S. The van der Waals surface area contributed by atoms with Crippen LogP contribution in [0.1, 0.15) is 32.1 Å². The topological polar surface area (TPSA) is 81.3 Å². The standard InChI is InChI=1S/C19H21N5O2S/c25-18(20-9-8-14-5-2-1-3-6-14)12-23-19(26)16-11-15(17-7-4-10-27-17)22-24(16)13-21-23/h4-5,7,10-11,13H,1-3,6,8-9,12H2,(H,20,25). The molecule has 0 fully saturated rings. The maximum atomic E-state index is 12.6. The Morgan fingerprint density at radius 2 is 2.26 bits per heavy atom. The second-order valence-corrected chi connectivity index (χ2v) is 7.59. The van der Waals surface area contributed by atoms with Crippen LogP contribution in [0.25, 0.3) is 16.1 Å². The van der Waals surface area contributed by atoms with Crippen molar-refractivity contribution in [2.24, 2.45) is 0 Å². The number of thiophene rings is 1. The summed E-state index contributed by atoms with van der Waals surface area (Å²) >= 11 is 1.56. The third-order valence-corrected chi connectivity index (χ3v) is 5.60. The number of aromatic nitrogens is 4. The van der Waals surface area contributed by atoms with E-state index in [0.717, 1.165) is 29.8 Å². The number of carbonyl (C=O) groups is 1. The largest absolute Gasteiger partial charge is 0.354 e. The molecule has 0 saturated carbocycles. The SMILES string of the molecule is O=C(Cn1ncn2nc(-c3cccs3)cc2c1=O)NCCC1=CCCCC1. The maximum Gasteiger partial charge on any atom is 0.293 e. The average molecular weight is 383 g/mol. The van der Waals surface area contributed by atoms with E-state index < -0.39 is 0 Å². The van der Waals surface area contributed by atoms with E-state index in [9.17, 15) is 9.59 Å². The third-order valence-electron chi connectivity index (χ3n) is 4.71. The van der Waals surface area contributed by atoms with Gasteiger partial charge in [0.2, 0.25) is 5.91 Å². The summed E-state index contributed by atoms with van der Waals surface area (Å²) in [5.74, 6) is -0.205. The van der Waals surface area contributed by atoms with Crippen LogP contribution in [-0.4, -0.2) is 31.8 Å². The van der Waals surface area contributed by atoms with Gasteiger partial charge in [0.05, 0.1) is 4.88 Å². The number of nitrogens with one attached hydrogen (secondary N) is 1. The van der Waals surface area contributed by atoms with E-state index in [4.69, 9.17) is 0 Å². The molecule has 4 rings (SSSR count). The van der Waals surface area contributed by atoms with E-state index in [-0.39, 0.29) is 18.0 Å². The molecule has 0 radical (unpaired) electrons. The fourth-order valence-corrected chi connectivity index (χ4v) is 3.96. The number of carbonyl (C=O) groups excluding carboxylic acids is 1. The molecule has 0 aliphatic heterocycles. The zero-order valence-electron chi connectivity index (χ0n) is 14.9. The first-order chi connectivity index (χ1) is 13.2. The predicted molar refractivity (Wildman–Crippen MR) is 105 cm³/mol. The van der Waals surface area contributed by atoms with Crippen LogP contribution in [0.5, 0.6) is 0 Å². The Morgan fingerprint density at radius 3 is 3.04 bits per heavy atom. The minimum absolute atomic E-state index is 0.0894. The predicted octanol–water partition coefficient (Wildman–Crippen LogP) is 2.63.